The SMILES string of the molecule is CCOC(=O)c1cc2c(cc1Cl)n(CC)c(/C=C/C=C1N(CC)c3cc(Br)c(Br)cc3N1CC)[n+]2CCCS(=O)(=O)O. The van der Waals surface area contributed by atoms with E-state index >= 15 is 0 Å². The third kappa shape index (κ3) is 6.57. The number of aromatic nitrogens is 2. The van der Waals surface area contributed by atoms with Crippen molar-refractivity contribution in [1.82, 2.24) is 4.57 Å². The maximum absolute atomic E-state index is 12.6. The Morgan fingerprint density at radius 2 is 1.64 bits per heavy atom. The quantitative estimate of drug-likeness (QED) is 0.131. The molecule has 1 aliphatic heterocycles. The van der Waals surface area contributed by atoms with Crippen molar-refractivity contribution >= 4 is 88.0 Å². The Kier molecular flexibility index (Phi) is 10.5. The number of nitrogens with zero attached hydrogens (tertiary/aromatic N) is 4. The molecule has 226 valence electrons. The van der Waals surface area contributed by atoms with Crippen LogP contribution >= 0.6 is 43.5 Å². The third-order valence-corrected chi connectivity index (χ3v) is 10.0. The Morgan fingerprint density at radius 1 is 1.02 bits per heavy atom. The van der Waals surface area contributed by atoms with Gasteiger partial charge in [-0.3, -0.25) is 4.55 Å². The maximum atomic E-state index is 12.6. The highest BCUT2D eigenvalue weighted by molar-refractivity contribution is 9.13. The predicted molar refractivity (Wildman–Crippen MR) is 175 cm³/mol. The van der Waals surface area contributed by atoms with Gasteiger partial charge < -0.3 is 14.5 Å². The zero-order valence-corrected chi connectivity index (χ0v) is 28.6. The molecule has 2 aromatic carbocycles. The van der Waals surface area contributed by atoms with E-state index in [-0.39, 0.29) is 29.4 Å². The van der Waals surface area contributed by atoms with Crippen LogP contribution in [0.2, 0.25) is 5.02 Å². The molecule has 42 heavy (non-hydrogen) atoms. The topological polar surface area (TPSA) is 96.0 Å². The molecule has 9 nitrogen and oxygen atoms in total. The molecule has 2 heterocycles. The number of halogens is 3. The summed E-state index contributed by atoms with van der Waals surface area (Å²) in [6.07, 6.45) is 6.19. The lowest BCUT2D eigenvalue weighted by Gasteiger charge is -2.23. The lowest BCUT2D eigenvalue weighted by Crippen LogP contribution is -2.37. The summed E-state index contributed by atoms with van der Waals surface area (Å²) < 4.78 is 43.5. The number of esters is 1. The van der Waals surface area contributed by atoms with Crippen LogP contribution in [0.3, 0.4) is 0 Å². The molecule has 0 unspecified atom stereocenters. The fourth-order valence-electron chi connectivity index (χ4n) is 5.31. The molecule has 0 saturated heterocycles. The van der Waals surface area contributed by atoms with Gasteiger partial charge in [0.1, 0.15) is 5.82 Å². The smallest absolute Gasteiger partial charge is 0.339 e. The summed E-state index contributed by atoms with van der Waals surface area (Å²) in [5, 5.41) is 0.272. The van der Waals surface area contributed by atoms with E-state index in [4.69, 9.17) is 16.3 Å². The molecule has 0 fully saturated rings. The van der Waals surface area contributed by atoms with Gasteiger partial charge in [-0.05, 0) is 77.8 Å². The fourth-order valence-corrected chi connectivity index (χ4v) is 6.70. The van der Waals surface area contributed by atoms with Crippen molar-refractivity contribution in [3.05, 3.63) is 67.6 Å². The Balaban J connectivity index is 1.84. The Labute approximate surface area is 268 Å². The minimum absolute atomic E-state index is 0.178. The molecule has 1 aliphatic rings. The first kappa shape index (κ1) is 32.5. The van der Waals surface area contributed by atoms with Crippen LogP contribution in [-0.2, 0) is 27.9 Å². The summed E-state index contributed by atoms with van der Waals surface area (Å²) in [6, 6.07) is 7.65. The van der Waals surface area contributed by atoms with Crippen molar-refractivity contribution in [3.8, 4) is 0 Å². The van der Waals surface area contributed by atoms with Crippen molar-refractivity contribution in [2.24, 2.45) is 0 Å². The molecule has 0 spiro atoms. The van der Waals surface area contributed by atoms with Crippen molar-refractivity contribution in [1.29, 1.82) is 0 Å². The lowest BCUT2D eigenvalue weighted by molar-refractivity contribution is -0.673. The van der Waals surface area contributed by atoms with E-state index in [1.54, 1.807) is 19.1 Å². The van der Waals surface area contributed by atoms with Crippen LogP contribution in [0.4, 0.5) is 11.4 Å². The maximum Gasteiger partial charge on any atom is 0.339 e. The van der Waals surface area contributed by atoms with Crippen molar-refractivity contribution in [2.45, 2.75) is 47.2 Å². The zero-order valence-electron chi connectivity index (χ0n) is 23.9. The van der Waals surface area contributed by atoms with E-state index in [9.17, 15) is 17.8 Å². The number of hydrogen-bond donors (Lipinski definition) is 1. The third-order valence-electron chi connectivity index (χ3n) is 7.07. The van der Waals surface area contributed by atoms with Crippen LogP contribution in [0.5, 0.6) is 0 Å². The van der Waals surface area contributed by atoms with E-state index in [1.165, 1.54) is 0 Å². The van der Waals surface area contributed by atoms with Gasteiger partial charge in [-0.25, -0.2) is 13.9 Å². The van der Waals surface area contributed by atoms with Gasteiger partial charge >= 0.3 is 5.97 Å². The number of benzene rings is 2. The van der Waals surface area contributed by atoms with Crippen molar-refractivity contribution in [2.75, 3.05) is 35.2 Å². The highest BCUT2D eigenvalue weighted by atomic mass is 79.9. The normalized spacial score (nSPS) is 13.5. The number of anilines is 2. The average Bonchev–Trinajstić information content (AvgIpc) is 3.37. The second kappa shape index (κ2) is 13.5. The van der Waals surface area contributed by atoms with Crippen LogP contribution in [0, 0.1) is 0 Å². The second-order valence-electron chi connectivity index (χ2n) is 9.56. The Bertz CT molecular complexity index is 1650. The molecule has 0 aliphatic carbocycles. The number of allylic oxidation sites excluding steroid dienone is 2. The predicted octanol–water partition coefficient (Wildman–Crippen LogP) is 6.80. The van der Waals surface area contributed by atoms with Gasteiger partial charge in [0, 0.05) is 46.7 Å². The molecular weight excluding hydrogens is 712 g/mol. The van der Waals surface area contributed by atoms with Crippen LogP contribution in [-0.4, -0.2) is 49.0 Å². The van der Waals surface area contributed by atoms with Gasteiger partial charge in [0.05, 0.1) is 47.4 Å². The first-order chi connectivity index (χ1) is 19.9. The second-order valence-corrected chi connectivity index (χ2v) is 13.3. The van der Waals surface area contributed by atoms with E-state index in [1.807, 2.05) is 23.6 Å². The molecule has 4 rings (SSSR count). The van der Waals surface area contributed by atoms with Gasteiger partial charge in [0.15, 0.2) is 11.0 Å². The first-order valence-corrected chi connectivity index (χ1v) is 17.3. The number of carbonyl (C=O) groups excluding carboxylic acids is 1. The zero-order chi connectivity index (χ0) is 30.8. The minimum Gasteiger partial charge on any atom is -0.462 e. The molecule has 3 aromatic rings. The number of ether oxygens (including phenoxy) is 1. The summed E-state index contributed by atoms with van der Waals surface area (Å²) in [6.45, 7) is 10.6. The first-order valence-electron chi connectivity index (χ1n) is 13.8. The van der Waals surface area contributed by atoms with Crippen LogP contribution in [0.25, 0.3) is 17.1 Å². The number of aryl methyl sites for hydroxylation is 2. The standard InChI is InChI=1S/C29H33Br2ClN4O5S/c1-5-33-24-16-20(30)21(31)17-25(24)34(6-2)27(33)11-9-12-28-35(7-3)26-18-22(32)19(29(37)41-8-4)15-23(26)36(28)13-10-14-42(38,39)40/h9,11-12,15-18H,5-8,10,13-14H2,1-4H3/p+1. The highest BCUT2D eigenvalue weighted by Crippen LogP contribution is 2.45. The van der Waals surface area contributed by atoms with Crippen LogP contribution in [0.1, 0.15) is 50.3 Å². The van der Waals surface area contributed by atoms with Gasteiger partial charge in [-0.1, -0.05) is 17.7 Å². The van der Waals surface area contributed by atoms with Crippen LogP contribution in [0.15, 0.2) is 51.2 Å². The molecule has 0 saturated carbocycles. The summed E-state index contributed by atoms with van der Waals surface area (Å²) in [7, 11) is -4.13. The van der Waals surface area contributed by atoms with Gasteiger partial charge in [0.2, 0.25) is 0 Å². The number of carbonyl (C=O) groups is 1. The molecule has 0 amide bonds. The van der Waals surface area contributed by atoms with Gasteiger partial charge in [0.25, 0.3) is 15.9 Å². The average molecular weight is 746 g/mol. The summed E-state index contributed by atoms with van der Waals surface area (Å²) >= 11 is 13.8. The molecule has 0 radical (unpaired) electrons. The summed E-state index contributed by atoms with van der Waals surface area (Å²) in [4.78, 5) is 17.1. The monoisotopic (exact) mass is 743 g/mol. The van der Waals surface area contributed by atoms with E-state index < -0.39 is 16.1 Å². The molecule has 13 heteroatoms. The summed E-state index contributed by atoms with van der Waals surface area (Å²) in [5.41, 5.74) is 3.96. The van der Waals surface area contributed by atoms with Gasteiger partial charge in [-0.2, -0.15) is 8.42 Å². The molecular formula is C29H34Br2ClN4O5S+. The van der Waals surface area contributed by atoms with E-state index in [0.717, 1.165) is 50.6 Å². The van der Waals surface area contributed by atoms with E-state index in [0.29, 0.717) is 18.6 Å². The fraction of sp³-hybridized carbons (Fsp3) is 0.379. The van der Waals surface area contributed by atoms with Crippen LogP contribution < -0.4 is 14.4 Å². The molecule has 1 N–H and O–H groups in total. The number of hydrogen-bond acceptors (Lipinski definition) is 6. The number of imidazole rings is 1. The Hall–Kier alpha value is -2.38. The minimum atomic E-state index is -4.13. The van der Waals surface area contributed by atoms with E-state index in [2.05, 4.69) is 78.3 Å². The van der Waals surface area contributed by atoms with Gasteiger partial charge in [-0.15, -0.1) is 0 Å². The highest BCUT2D eigenvalue weighted by Gasteiger charge is 2.30. The Morgan fingerprint density at radius 3 is 2.17 bits per heavy atom. The molecule has 0 bridgehead atoms. The lowest BCUT2D eigenvalue weighted by atomic mass is 10.2. The molecule has 1 aromatic heterocycles. The summed E-state index contributed by atoms with van der Waals surface area (Å²) in [5.74, 6) is 0.910. The van der Waals surface area contributed by atoms with Crippen molar-refractivity contribution < 1.29 is 27.1 Å². The molecule has 0 atom stereocenters. The number of rotatable bonds is 11. The van der Waals surface area contributed by atoms with Crippen molar-refractivity contribution in [3.63, 3.8) is 0 Å². The largest absolute Gasteiger partial charge is 0.462 e. The number of fused-ring (bicyclic) bond motifs is 2.